The minimum absolute atomic E-state index is 0.0986. The second-order valence-electron chi connectivity index (χ2n) is 2.89. The van der Waals surface area contributed by atoms with Gasteiger partial charge >= 0.3 is 0 Å². The fourth-order valence-electron chi connectivity index (χ4n) is 1.27. The highest BCUT2D eigenvalue weighted by molar-refractivity contribution is 5.80. The number of fused-ring (bicyclic) bond motifs is 1. The fourth-order valence-corrected chi connectivity index (χ4v) is 1.27. The molecule has 1 heterocycles. The number of nitrogens with one attached hydrogen (secondary N) is 1. The van der Waals surface area contributed by atoms with Crippen molar-refractivity contribution in [2.45, 2.75) is 6.61 Å². The molecule has 5 heteroatoms. The molecule has 0 aliphatic heterocycles. The van der Waals surface area contributed by atoms with Gasteiger partial charge in [-0.2, -0.15) is 0 Å². The summed E-state index contributed by atoms with van der Waals surface area (Å²) in [4.78, 5) is 17.6. The van der Waals surface area contributed by atoms with Crippen molar-refractivity contribution < 1.29 is 10.2 Å². The maximum absolute atomic E-state index is 11.3. The van der Waals surface area contributed by atoms with Gasteiger partial charge in [-0.3, -0.25) is 4.79 Å². The van der Waals surface area contributed by atoms with Gasteiger partial charge in [0.15, 0.2) is 0 Å². The summed E-state index contributed by atoms with van der Waals surface area (Å²) >= 11 is 0. The third kappa shape index (κ3) is 1.23. The molecular weight excluding hydrogens is 184 g/mol. The van der Waals surface area contributed by atoms with Crippen LogP contribution in [0.1, 0.15) is 5.56 Å². The Labute approximate surface area is 78.7 Å². The third-order valence-corrected chi connectivity index (χ3v) is 2.01. The normalized spacial score (nSPS) is 10.6. The predicted molar refractivity (Wildman–Crippen MR) is 50.0 cm³/mol. The maximum atomic E-state index is 11.3. The van der Waals surface area contributed by atoms with E-state index in [2.05, 4.69) is 9.97 Å². The Morgan fingerprint density at radius 3 is 2.93 bits per heavy atom. The summed E-state index contributed by atoms with van der Waals surface area (Å²) < 4.78 is 0. The number of aliphatic hydroxyl groups excluding tert-OH is 1. The van der Waals surface area contributed by atoms with Gasteiger partial charge in [-0.25, -0.2) is 4.98 Å². The number of rotatable bonds is 1. The smallest absolute Gasteiger partial charge is 0.258 e. The van der Waals surface area contributed by atoms with Crippen LogP contribution in [0.3, 0.4) is 0 Å². The maximum Gasteiger partial charge on any atom is 0.258 e. The Morgan fingerprint density at radius 1 is 1.43 bits per heavy atom. The SMILES string of the molecule is O=c1[nH]cnc2cc(CO)c(O)cc12. The third-order valence-electron chi connectivity index (χ3n) is 2.01. The molecule has 1 aromatic carbocycles. The van der Waals surface area contributed by atoms with Crippen LogP contribution in [0.5, 0.6) is 5.75 Å². The highest BCUT2D eigenvalue weighted by atomic mass is 16.3. The minimum Gasteiger partial charge on any atom is -0.508 e. The van der Waals surface area contributed by atoms with Gasteiger partial charge in [0.25, 0.3) is 5.56 Å². The lowest BCUT2D eigenvalue weighted by Crippen LogP contribution is -2.06. The second kappa shape index (κ2) is 3.12. The molecule has 0 radical (unpaired) electrons. The number of H-pyrrole nitrogens is 1. The van der Waals surface area contributed by atoms with E-state index in [0.29, 0.717) is 16.5 Å². The quantitative estimate of drug-likeness (QED) is 0.599. The van der Waals surface area contributed by atoms with Crippen molar-refractivity contribution >= 4 is 10.9 Å². The monoisotopic (exact) mass is 192 g/mol. The first-order chi connectivity index (χ1) is 6.72. The van der Waals surface area contributed by atoms with Gasteiger partial charge in [0, 0.05) is 5.56 Å². The topological polar surface area (TPSA) is 86.2 Å². The largest absolute Gasteiger partial charge is 0.508 e. The van der Waals surface area contributed by atoms with Crippen molar-refractivity contribution in [3.05, 3.63) is 34.4 Å². The van der Waals surface area contributed by atoms with E-state index in [9.17, 15) is 9.90 Å². The van der Waals surface area contributed by atoms with Crippen molar-refractivity contribution in [1.29, 1.82) is 0 Å². The molecule has 0 saturated carbocycles. The van der Waals surface area contributed by atoms with Crippen LogP contribution in [0.15, 0.2) is 23.3 Å². The fraction of sp³-hybridized carbons (Fsp3) is 0.111. The number of aromatic hydroxyl groups is 1. The van der Waals surface area contributed by atoms with Gasteiger partial charge in [0.1, 0.15) is 5.75 Å². The molecule has 0 fully saturated rings. The number of aliphatic hydroxyl groups is 1. The molecule has 2 rings (SSSR count). The molecular formula is C9H8N2O3. The van der Waals surface area contributed by atoms with Gasteiger partial charge in [0.2, 0.25) is 0 Å². The van der Waals surface area contributed by atoms with E-state index in [0.717, 1.165) is 0 Å². The van der Waals surface area contributed by atoms with Crippen LogP contribution in [0.4, 0.5) is 0 Å². The van der Waals surface area contributed by atoms with Crippen LogP contribution >= 0.6 is 0 Å². The number of hydrogen-bond acceptors (Lipinski definition) is 4. The molecule has 0 atom stereocenters. The van der Waals surface area contributed by atoms with E-state index < -0.39 is 0 Å². The zero-order valence-corrected chi connectivity index (χ0v) is 7.19. The summed E-state index contributed by atoms with van der Waals surface area (Å²) in [7, 11) is 0. The summed E-state index contributed by atoms with van der Waals surface area (Å²) in [5.41, 5.74) is 0.501. The van der Waals surface area contributed by atoms with E-state index in [1.54, 1.807) is 0 Å². The van der Waals surface area contributed by atoms with Crippen LogP contribution < -0.4 is 5.56 Å². The van der Waals surface area contributed by atoms with E-state index >= 15 is 0 Å². The lowest BCUT2D eigenvalue weighted by atomic mass is 10.1. The molecule has 2 aromatic rings. The van der Waals surface area contributed by atoms with Crippen LogP contribution in [-0.2, 0) is 6.61 Å². The molecule has 0 bridgehead atoms. The number of benzene rings is 1. The summed E-state index contributed by atoms with van der Waals surface area (Å²) in [5, 5.41) is 18.6. The molecule has 5 nitrogen and oxygen atoms in total. The molecule has 1 aromatic heterocycles. The highest BCUT2D eigenvalue weighted by Crippen LogP contribution is 2.21. The highest BCUT2D eigenvalue weighted by Gasteiger charge is 2.05. The van der Waals surface area contributed by atoms with Crippen molar-refractivity contribution in [2.75, 3.05) is 0 Å². The van der Waals surface area contributed by atoms with Crippen molar-refractivity contribution in [2.24, 2.45) is 0 Å². The van der Waals surface area contributed by atoms with Gasteiger partial charge in [-0.1, -0.05) is 0 Å². The number of aromatic amines is 1. The summed E-state index contributed by atoms with van der Waals surface area (Å²) in [6.07, 6.45) is 1.28. The van der Waals surface area contributed by atoms with Crippen LogP contribution in [0.25, 0.3) is 10.9 Å². The second-order valence-corrected chi connectivity index (χ2v) is 2.89. The van der Waals surface area contributed by atoms with E-state index in [1.165, 1.54) is 18.5 Å². The molecule has 0 saturated heterocycles. The van der Waals surface area contributed by atoms with E-state index in [4.69, 9.17) is 5.11 Å². The summed E-state index contributed by atoms with van der Waals surface area (Å²) in [6.45, 7) is -0.281. The molecule has 0 aliphatic rings. The van der Waals surface area contributed by atoms with E-state index in [-0.39, 0.29) is 17.9 Å². The van der Waals surface area contributed by atoms with Crippen LogP contribution in [-0.4, -0.2) is 20.2 Å². The lowest BCUT2D eigenvalue weighted by Gasteiger charge is -2.02. The zero-order chi connectivity index (χ0) is 10.1. The van der Waals surface area contributed by atoms with Gasteiger partial charge in [0.05, 0.1) is 23.8 Å². The number of phenols is 1. The zero-order valence-electron chi connectivity index (χ0n) is 7.19. The van der Waals surface area contributed by atoms with Crippen LogP contribution in [0.2, 0.25) is 0 Å². The molecule has 0 aliphatic carbocycles. The lowest BCUT2D eigenvalue weighted by molar-refractivity contribution is 0.276. The van der Waals surface area contributed by atoms with Crippen LogP contribution in [0, 0.1) is 0 Å². The Hall–Kier alpha value is -1.88. The van der Waals surface area contributed by atoms with E-state index in [1.807, 2.05) is 0 Å². The first-order valence-corrected chi connectivity index (χ1v) is 4.02. The summed E-state index contributed by atoms with van der Waals surface area (Å²) in [5.74, 6) is -0.0986. The van der Waals surface area contributed by atoms with Gasteiger partial charge in [-0.15, -0.1) is 0 Å². The standard InChI is InChI=1S/C9H8N2O3/c12-3-5-1-7-6(2-8(5)13)9(14)11-4-10-7/h1-2,4,12-13H,3H2,(H,10,11,14). The van der Waals surface area contributed by atoms with Crippen molar-refractivity contribution in [3.63, 3.8) is 0 Å². The van der Waals surface area contributed by atoms with Gasteiger partial charge in [-0.05, 0) is 12.1 Å². The average Bonchev–Trinajstić information content (AvgIpc) is 2.19. The number of aromatic nitrogens is 2. The first-order valence-electron chi connectivity index (χ1n) is 4.02. The molecule has 0 amide bonds. The van der Waals surface area contributed by atoms with Crippen molar-refractivity contribution in [3.8, 4) is 5.75 Å². The number of hydrogen-bond donors (Lipinski definition) is 3. The number of nitrogens with zero attached hydrogens (tertiary/aromatic N) is 1. The Kier molecular flexibility index (Phi) is 1.94. The van der Waals surface area contributed by atoms with Gasteiger partial charge < -0.3 is 15.2 Å². The predicted octanol–water partition coefficient (Wildman–Crippen LogP) is 0.121. The summed E-state index contributed by atoms with van der Waals surface area (Å²) in [6, 6.07) is 2.78. The Morgan fingerprint density at radius 2 is 2.21 bits per heavy atom. The van der Waals surface area contributed by atoms with Crippen molar-refractivity contribution in [1.82, 2.24) is 9.97 Å². The molecule has 72 valence electrons. The minimum atomic E-state index is -0.310. The first kappa shape index (κ1) is 8.71. The Bertz CT molecular complexity index is 533. The Balaban J connectivity index is 2.86. The molecule has 3 N–H and O–H groups in total. The average molecular weight is 192 g/mol. The molecule has 14 heavy (non-hydrogen) atoms. The molecule has 0 unspecified atom stereocenters. The molecule has 0 spiro atoms.